The summed E-state index contributed by atoms with van der Waals surface area (Å²) in [7, 11) is 0. The van der Waals surface area contributed by atoms with Crippen molar-refractivity contribution in [1.82, 2.24) is 10.3 Å². The molecular weight excluding hydrogens is 248 g/mol. The first-order chi connectivity index (χ1) is 8.74. The number of carbonyl (C=O) groups is 1. The standard InChI is InChI=1S/C13H16N2O2S/c1-3-9(4-2)14-12(16)10-8-18-13(15-10)11-6-5-7-17-11/h5-9H,3-4H2,1-2H3,(H,14,16). The monoisotopic (exact) mass is 264 g/mol. The smallest absolute Gasteiger partial charge is 0.270 e. The highest BCUT2D eigenvalue weighted by atomic mass is 32.1. The van der Waals surface area contributed by atoms with E-state index in [-0.39, 0.29) is 11.9 Å². The highest BCUT2D eigenvalue weighted by molar-refractivity contribution is 7.13. The summed E-state index contributed by atoms with van der Waals surface area (Å²) in [6.45, 7) is 4.12. The lowest BCUT2D eigenvalue weighted by molar-refractivity contribution is 0.0930. The average Bonchev–Trinajstić information content (AvgIpc) is 3.04. The quantitative estimate of drug-likeness (QED) is 0.901. The summed E-state index contributed by atoms with van der Waals surface area (Å²) in [4.78, 5) is 16.2. The van der Waals surface area contributed by atoms with E-state index in [1.165, 1.54) is 11.3 Å². The van der Waals surface area contributed by atoms with Gasteiger partial charge in [-0.2, -0.15) is 0 Å². The molecule has 96 valence electrons. The maximum atomic E-state index is 12.0. The van der Waals surface area contributed by atoms with Crippen LogP contribution < -0.4 is 5.32 Å². The van der Waals surface area contributed by atoms with Crippen molar-refractivity contribution in [3.8, 4) is 10.8 Å². The molecule has 2 rings (SSSR count). The first-order valence-corrected chi connectivity index (χ1v) is 6.92. The molecule has 4 nitrogen and oxygen atoms in total. The number of nitrogens with one attached hydrogen (secondary N) is 1. The van der Waals surface area contributed by atoms with Gasteiger partial charge < -0.3 is 9.73 Å². The van der Waals surface area contributed by atoms with Crippen molar-refractivity contribution in [1.29, 1.82) is 0 Å². The van der Waals surface area contributed by atoms with Gasteiger partial charge in [-0.3, -0.25) is 4.79 Å². The van der Waals surface area contributed by atoms with Crippen LogP contribution in [0.25, 0.3) is 10.8 Å². The Morgan fingerprint density at radius 2 is 2.28 bits per heavy atom. The fourth-order valence-corrected chi connectivity index (χ4v) is 2.41. The van der Waals surface area contributed by atoms with Crippen molar-refractivity contribution in [2.24, 2.45) is 0 Å². The van der Waals surface area contributed by atoms with Crippen molar-refractivity contribution in [3.05, 3.63) is 29.5 Å². The minimum absolute atomic E-state index is 0.113. The van der Waals surface area contributed by atoms with Crippen LogP contribution in [0, 0.1) is 0 Å². The maximum Gasteiger partial charge on any atom is 0.270 e. The van der Waals surface area contributed by atoms with Crippen molar-refractivity contribution in [3.63, 3.8) is 0 Å². The van der Waals surface area contributed by atoms with Crippen LogP contribution in [-0.2, 0) is 0 Å². The number of rotatable bonds is 5. The highest BCUT2D eigenvalue weighted by Crippen LogP contribution is 2.23. The molecule has 0 spiro atoms. The van der Waals surface area contributed by atoms with Crippen LogP contribution in [0.4, 0.5) is 0 Å². The van der Waals surface area contributed by atoms with Gasteiger partial charge in [0.2, 0.25) is 0 Å². The van der Waals surface area contributed by atoms with E-state index in [0.29, 0.717) is 11.5 Å². The van der Waals surface area contributed by atoms with E-state index in [0.717, 1.165) is 17.8 Å². The molecule has 2 aromatic heterocycles. The normalized spacial score (nSPS) is 10.8. The lowest BCUT2D eigenvalue weighted by Gasteiger charge is -2.13. The first-order valence-electron chi connectivity index (χ1n) is 6.04. The maximum absolute atomic E-state index is 12.0. The third kappa shape index (κ3) is 2.79. The molecule has 2 heterocycles. The summed E-state index contributed by atoms with van der Waals surface area (Å²) >= 11 is 1.41. The van der Waals surface area contributed by atoms with E-state index in [9.17, 15) is 4.79 Å². The molecule has 0 radical (unpaired) electrons. The molecule has 0 saturated heterocycles. The van der Waals surface area contributed by atoms with E-state index >= 15 is 0 Å². The van der Waals surface area contributed by atoms with Crippen LogP contribution in [-0.4, -0.2) is 16.9 Å². The number of furan rings is 1. The minimum Gasteiger partial charge on any atom is -0.462 e. The van der Waals surface area contributed by atoms with Crippen molar-refractivity contribution in [2.45, 2.75) is 32.7 Å². The molecule has 2 aromatic rings. The van der Waals surface area contributed by atoms with Gasteiger partial charge in [-0.25, -0.2) is 4.98 Å². The summed E-state index contributed by atoms with van der Waals surface area (Å²) in [5, 5.41) is 5.46. The summed E-state index contributed by atoms with van der Waals surface area (Å²) in [6, 6.07) is 3.86. The second kappa shape index (κ2) is 5.82. The summed E-state index contributed by atoms with van der Waals surface area (Å²) in [6.07, 6.45) is 3.45. The fraction of sp³-hybridized carbons (Fsp3) is 0.385. The number of thiazole rings is 1. The second-order valence-corrected chi connectivity index (χ2v) is 4.86. The first kappa shape index (κ1) is 12.8. The lowest BCUT2D eigenvalue weighted by Crippen LogP contribution is -2.33. The predicted octanol–water partition coefficient (Wildman–Crippen LogP) is 3.32. The van der Waals surface area contributed by atoms with E-state index < -0.39 is 0 Å². The molecule has 0 aliphatic heterocycles. The molecule has 0 fully saturated rings. The van der Waals surface area contributed by atoms with Crippen molar-refractivity contribution >= 4 is 17.2 Å². The fourth-order valence-electron chi connectivity index (χ4n) is 1.64. The molecule has 0 aliphatic rings. The number of aromatic nitrogens is 1. The van der Waals surface area contributed by atoms with Gasteiger partial charge in [-0.15, -0.1) is 11.3 Å². The largest absolute Gasteiger partial charge is 0.462 e. The Morgan fingerprint density at radius 3 is 2.89 bits per heavy atom. The third-order valence-electron chi connectivity index (χ3n) is 2.79. The Bertz CT molecular complexity index is 501. The van der Waals surface area contributed by atoms with Gasteiger partial charge in [0.25, 0.3) is 5.91 Å². The van der Waals surface area contributed by atoms with Crippen molar-refractivity contribution in [2.75, 3.05) is 0 Å². The lowest BCUT2D eigenvalue weighted by atomic mass is 10.2. The molecule has 0 atom stereocenters. The van der Waals surface area contributed by atoms with Gasteiger partial charge in [0, 0.05) is 11.4 Å². The number of hydrogen-bond donors (Lipinski definition) is 1. The molecule has 0 aliphatic carbocycles. The molecule has 18 heavy (non-hydrogen) atoms. The molecular formula is C13H16N2O2S. The topological polar surface area (TPSA) is 55.1 Å². The Kier molecular flexibility index (Phi) is 4.15. The van der Waals surface area contributed by atoms with Crippen LogP contribution in [0.2, 0.25) is 0 Å². The second-order valence-electron chi connectivity index (χ2n) is 4.00. The van der Waals surface area contributed by atoms with E-state index in [1.807, 2.05) is 6.07 Å². The predicted molar refractivity (Wildman–Crippen MR) is 71.7 cm³/mol. The molecule has 1 amide bonds. The molecule has 0 saturated carbocycles. The van der Waals surface area contributed by atoms with Gasteiger partial charge in [-0.1, -0.05) is 13.8 Å². The summed E-state index contributed by atoms with van der Waals surface area (Å²) in [5.41, 5.74) is 0.457. The van der Waals surface area contributed by atoms with E-state index in [2.05, 4.69) is 24.1 Å². The summed E-state index contributed by atoms with van der Waals surface area (Å²) < 4.78 is 5.25. The van der Waals surface area contributed by atoms with Gasteiger partial charge in [0.05, 0.1) is 6.26 Å². The van der Waals surface area contributed by atoms with Crippen LogP contribution in [0.15, 0.2) is 28.2 Å². The Hall–Kier alpha value is -1.62. The molecule has 0 unspecified atom stereocenters. The highest BCUT2D eigenvalue weighted by Gasteiger charge is 2.15. The Labute approximate surface area is 110 Å². The van der Waals surface area contributed by atoms with Crippen LogP contribution in [0.5, 0.6) is 0 Å². The zero-order chi connectivity index (χ0) is 13.0. The minimum atomic E-state index is -0.113. The van der Waals surface area contributed by atoms with E-state index in [4.69, 9.17) is 4.42 Å². The van der Waals surface area contributed by atoms with Gasteiger partial charge in [-0.05, 0) is 25.0 Å². The van der Waals surface area contributed by atoms with Crippen LogP contribution in [0.3, 0.4) is 0 Å². The van der Waals surface area contributed by atoms with Gasteiger partial charge >= 0.3 is 0 Å². The molecule has 1 N–H and O–H groups in total. The summed E-state index contributed by atoms with van der Waals surface area (Å²) in [5.74, 6) is 0.583. The zero-order valence-corrected chi connectivity index (χ0v) is 11.3. The Morgan fingerprint density at radius 1 is 1.50 bits per heavy atom. The number of nitrogens with zero attached hydrogens (tertiary/aromatic N) is 1. The molecule has 0 aromatic carbocycles. The third-order valence-corrected chi connectivity index (χ3v) is 3.65. The molecule has 0 bridgehead atoms. The van der Waals surface area contributed by atoms with Gasteiger partial charge in [0.1, 0.15) is 5.69 Å². The SMILES string of the molecule is CCC(CC)NC(=O)c1csc(-c2ccco2)n1. The van der Waals surface area contributed by atoms with Gasteiger partial charge in [0.15, 0.2) is 10.8 Å². The van der Waals surface area contributed by atoms with Crippen LogP contribution >= 0.6 is 11.3 Å². The van der Waals surface area contributed by atoms with E-state index in [1.54, 1.807) is 17.7 Å². The van der Waals surface area contributed by atoms with Crippen molar-refractivity contribution < 1.29 is 9.21 Å². The molecule has 5 heteroatoms. The number of carbonyl (C=O) groups excluding carboxylic acids is 1. The average molecular weight is 264 g/mol. The van der Waals surface area contributed by atoms with Crippen LogP contribution in [0.1, 0.15) is 37.2 Å². The number of amides is 1. The Balaban J connectivity index is 2.08. The number of hydrogen-bond acceptors (Lipinski definition) is 4. The zero-order valence-electron chi connectivity index (χ0n) is 10.5.